The summed E-state index contributed by atoms with van der Waals surface area (Å²) in [6.45, 7) is 6.20. The van der Waals surface area contributed by atoms with Gasteiger partial charge in [0.2, 0.25) is 0 Å². The van der Waals surface area contributed by atoms with Crippen LogP contribution < -0.4 is 10.6 Å². The normalized spacial score (nSPS) is 11.9. The smallest absolute Gasteiger partial charge is 0.0343 e. The Balaban J connectivity index is 1.96. The Bertz CT molecular complexity index is 549. The topological polar surface area (TPSA) is 24.1 Å². The summed E-state index contributed by atoms with van der Waals surface area (Å²) in [6, 6.07) is 13.4. The van der Waals surface area contributed by atoms with E-state index in [1.165, 1.54) is 33.6 Å². The van der Waals surface area contributed by atoms with Crippen LogP contribution in [0.1, 0.15) is 25.0 Å². The molecular formula is C17H20N2. The van der Waals surface area contributed by atoms with Gasteiger partial charge in [-0.2, -0.15) is 0 Å². The third kappa shape index (κ3) is 2.19. The summed E-state index contributed by atoms with van der Waals surface area (Å²) in [7, 11) is 0. The molecule has 0 heterocycles. The number of anilines is 2. The van der Waals surface area contributed by atoms with Gasteiger partial charge in [-0.1, -0.05) is 12.1 Å². The second kappa shape index (κ2) is 4.96. The number of hydrogen-bond acceptors (Lipinski definition) is 2. The Hall–Kier alpha value is -1.96. The van der Waals surface area contributed by atoms with Crippen molar-refractivity contribution in [2.75, 3.05) is 23.7 Å². The highest BCUT2D eigenvalue weighted by Gasteiger charge is 2.18. The van der Waals surface area contributed by atoms with E-state index in [2.05, 4.69) is 60.9 Å². The van der Waals surface area contributed by atoms with Crippen molar-refractivity contribution in [2.24, 2.45) is 0 Å². The van der Waals surface area contributed by atoms with E-state index in [4.69, 9.17) is 0 Å². The molecule has 2 nitrogen and oxygen atoms in total. The summed E-state index contributed by atoms with van der Waals surface area (Å²) >= 11 is 0. The van der Waals surface area contributed by atoms with Crippen LogP contribution in [0.25, 0.3) is 11.1 Å². The third-order valence-corrected chi connectivity index (χ3v) is 3.64. The van der Waals surface area contributed by atoms with Crippen LogP contribution >= 0.6 is 0 Å². The number of rotatable bonds is 4. The standard InChI is InChI=1S/C17H20N2/c1-3-18-14-5-7-16-12(10-14)9-13-11-15(19-4-2)6-8-17(13)16/h5-8,10-11,18-19H,3-4,9H2,1-2H3. The van der Waals surface area contributed by atoms with Crippen LogP contribution in [0.5, 0.6) is 0 Å². The molecule has 1 aliphatic carbocycles. The van der Waals surface area contributed by atoms with Gasteiger partial charge < -0.3 is 10.6 Å². The van der Waals surface area contributed by atoms with Crippen LogP contribution in [0, 0.1) is 0 Å². The molecule has 0 amide bonds. The minimum Gasteiger partial charge on any atom is -0.385 e. The van der Waals surface area contributed by atoms with Gasteiger partial charge >= 0.3 is 0 Å². The fourth-order valence-corrected chi connectivity index (χ4v) is 2.84. The molecule has 19 heavy (non-hydrogen) atoms. The van der Waals surface area contributed by atoms with Gasteiger partial charge in [0, 0.05) is 24.5 Å². The summed E-state index contributed by atoms with van der Waals surface area (Å²) in [6.07, 6.45) is 1.04. The predicted octanol–water partition coefficient (Wildman–Crippen LogP) is 4.12. The SMILES string of the molecule is CCNc1ccc2c(c1)Cc1cc(NCC)ccc1-2. The van der Waals surface area contributed by atoms with Gasteiger partial charge in [-0.25, -0.2) is 0 Å². The highest BCUT2D eigenvalue weighted by atomic mass is 14.9. The van der Waals surface area contributed by atoms with Crippen LogP contribution in [0.2, 0.25) is 0 Å². The summed E-state index contributed by atoms with van der Waals surface area (Å²) in [5.74, 6) is 0. The predicted molar refractivity (Wildman–Crippen MR) is 83.0 cm³/mol. The van der Waals surface area contributed by atoms with Gasteiger partial charge in [-0.3, -0.25) is 0 Å². The minimum atomic E-state index is 0.969. The fraction of sp³-hybridized carbons (Fsp3) is 0.294. The first-order valence-electron chi connectivity index (χ1n) is 7.05. The molecule has 0 fully saturated rings. The molecule has 3 rings (SSSR count). The maximum atomic E-state index is 3.38. The van der Waals surface area contributed by atoms with E-state index in [1.54, 1.807) is 0 Å². The molecule has 2 aromatic carbocycles. The van der Waals surface area contributed by atoms with E-state index in [0.29, 0.717) is 0 Å². The van der Waals surface area contributed by atoms with E-state index in [-0.39, 0.29) is 0 Å². The Morgan fingerprint density at radius 2 is 1.26 bits per heavy atom. The highest BCUT2D eigenvalue weighted by molar-refractivity contribution is 5.80. The number of fused-ring (bicyclic) bond motifs is 3. The zero-order valence-corrected chi connectivity index (χ0v) is 11.6. The third-order valence-electron chi connectivity index (χ3n) is 3.64. The van der Waals surface area contributed by atoms with E-state index in [1.807, 2.05) is 0 Å². The molecule has 2 aromatic rings. The Morgan fingerprint density at radius 3 is 1.68 bits per heavy atom. The van der Waals surface area contributed by atoms with Crippen molar-refractivity contribution in [2.45, 2.75) is 20.3 Å². The molecule has 0 spiro atoms. The van der Waals surface area contributed by atoms with Gasteiger partial charge in [0.25, 0.3) is 0 Å². The first kappa shape index (κ1) is 12.1. The van der Waals surface area contributed by atoms with Crippen molar-refractivity contribution in [3.63, 3.8) is 0 Å². The molecule has 1 aliphatic rings. The summed E-state index contributed by atoms with van der Waals surface area (Å²) < 4.78 is 0. The molecule has 2 N–H and O–H groups in total. The molecule has 0 saturated carbocycles. The zero-order valence-electron chi connectivity index (χ0n) is 11.6. The maximum absolute atomic E-state index is 3.38. The molecule has 0 aliphatic heterocycles. The van der Waals surface area contributed by atoms with Gasteiger partial charge in [0.1, 0.15) is 0 Å². The number of benzene rings is 2. The van der Waals surface area contributed by atoms with Crippen LogP contribution in [-0.2, 0) is 6.42 Å². The summed E-state index contributed by atoms with van der Waals surface area (Å²) in [5.41, 5.74) is 8.09. The van der Waals surface area contributed by atoms with Crippen LogP contribution in [0.4, 0.5) is 11.4 Å². The van der Waals surface area contributed by atoms with E-state index in [0.717, 1.165) is 19.5 Å². The monoisotopic (exact) mass is 252 g/mol. The molecule has 0 aromatic heterocycles. The molecule has 0 unspecified atom stereocenters. The Kier molecular flexibility index (Phi) is 3.16. The lowest BCUT2D eigenvalue weighted by molar-refractivity contribution is 1.19. The second-order valence-electron chi connectivity index (χ2n) is 4.98. The van der Waals surface area contributed by atoms with Crippen molar-refractivity contribution >= 4 is 11.4 Å². The average molecular weight is 252 g/mol. The lowest BCUT2D eigenvalue weighted by atomic mass is 10.1. The molecule has 0 radical (unpaired) electrons. The maximum Gasteiger partial charge on any atom is 0.0343 e. The molecule has 0 atom stereocenters. The van der Waals surface area contributed by atoms with E-state index >= 15 is 0 Å². The molecule has 0 saturated heterocycles. The van der Waals surface area contributed by atoms with Crippen LogP contribution in [0.3, 0.4) is 0 Å². The number of nitrogens with one attached hydrogen (secondary N) is 2. The van der Waals surface area contributed by atoms with Crippen molar-refractivity contribution < 1.29 is 0 Å². The van der Waals surface area contributed by atoms with Gasteiger partial charge in [-0.05, 0) is 66.8 Å². The van der Waals surface area contributed by atoms with Crippen molar-refractivity contribution in [1.29, 1.82) is 0 Å². The summed E-state index contributed by atoms with van der Waals surface area (Å²) in [5, 5.41) is 6.77. The first-order valence-corrected chi connectivity index (χ1v) is 7.05. The van der Waals surface area contributed by atoms with E-state index in [9.17, 15) is 0 Å². The van der Waals surface area contributed by atoms with Crippen molar-refractivity contribution in [3.05, 3.63) is 47.5 Å². The van der Waals surface area contributed by atoms with Gasteiger partial charge in [0.15, 0.2) is 0 Å². The Morgan fingerprint density at radius 1 is 0.789 bits per heavy atom. The van der Waals surface area contributed by atoms with E-state index < -0.39 is 0 Å². The minimum absolute atomic E-state index is 0.969. The molecule has 0 bridgehead atoms. The molecule has 98 valence electrons. The Labute approximate surface area is 114 Å². The highest BCUT2D eigenvalue weighted by Crippen LogP contribution is 2.38. The average Bonchev–Trinajstić information content (AvgIpc) is 2.76. The second-order valence-corrected chi connectivity index (χ2v) is 4.98. The molecule has 2 heteroatoms. The number of hydrogen-bond donors (Lipinski definition) is 2. The van der Waals surface area contributed by atoms with Crippen molar-refractivity contribution in [3.8, 4) is 11.1 Å². The van der Waals surface area contributed by atoms with Crippen LogP contribution in [-0.4, -0.2) is 13.1 Å². The lowest BCUT2D eigenvalue weighted by Crippen LogP contribution is -1.96. The van der Waals surface area contributed by atoms with Gasteiger partial charge in [-0.15, -0.1) is 0 Å². The van der Waals surface area contributed by atoms with Crippen molar-refractivity contribution in [1.82, 2.24) is 0 Å². The zero-order chi connectivity index (χ0) is 13.2. The fourth-order valence-electron chi connectivity index (χ4n) is 2.84. The van der Waals surface area contributed by atoms with Gasteiger partial charge in [0.05, 0.1) is 0 Å². The lowest BCUT2D eigenvalue weighted by Gasteiger charge is -2.07. The quantitative estimate of drug-likeness (QED) is 0.730. The first-order chi connectivity index (χ1) is 9.31. The van der Waals surface area contributed by atoms with Crippen LogP contribution in [0.15, 0.2) is 36.4 Å². The largest absolute Gasteiger partial charge is 0.385 e. The summed E-state index contributed by atoms with van der Waals surface area (Å²) in [4.78, 5) is 0. The molecular weight excluding hydrogens is 232 g/mol.